The van der Waals surface area contributed by atoms with Crippen molar-refractivity contribution in [2.75, 3.05) is 5.32 Å². The summed E-state index contributed by atoms with van der Waals surface area (Å²) in [5.41, 5.74) is 6.90. The number of thiocarbonyl (C=S) groups is 1. The van der Waals surface area contributed by atoms with Crippen LogP contribution in [0.2, 0.25) is 0 Å². The van der Waals surface area contributed by atoms with Crippen molar-refractivity contribution >= 4 is 29.2 Å². The van der Waals surface area contributed by atoms with E-state index in [0.717, 1.165) is 28.1 Å². The second-order valence-electron chi connectivity index (χ2n) is 5.95. The fourth-order valence-corrected chi connectivity index (χ4v) is 2.64. The van der Waals surface area contributed by atoms with Gasteiger partial charge in [-0.15, -0.1) is 0 Å². The molecule has 0 saturated heterocycles. The zero-order valence-corrected chi connectivity index (χ0v) is 15.9. The van der Waals surface area contributed by atoms with E-state index >= 15 is 0 Å². The fourth-order valence-electron chi connectivity index (χ4n) is 2.48. The summed E-state index contributed by atoms with van der Waals surface area (Å²) in [6.45, 7) is 2.53. The van der Waals surface area contributed by atoms with Gasteiger partial charge in [0.05, 0.1) is 6.21 Å². The molecular weight excluding hydrogens is 354 g/mol. The molecule has 0 unspecified atom stereocenters. The van der Waals surface area contributed by atoms with Crippen LogP contribution in [0.5, 0.6) is 5.75 Å². The second kappa shape index (κ2) is 9.50. The predicted molar refractivity (Wildman–Crippen MR) is 115 cm³/mol. The standard InChI is InChI=1S/C22H21N3OS/c1-17-9-5-7-13-20(17)24-22(27)25-23-15-19-12-6-8-14-21(19)26-16-18-10-3-2-4-11-18/h2-15H,16H2,1H3,(H2,24,25,27)/b23-15-. The van der Waals surface area contributed by atoms with Crippen molar-refractivity contribution < 1.29 is 4.74 Å². The molecule has 0 aliphatic carbocycles. The van der Waals surface area contributed by atoms with E-state index in [0.29, 0.717) is 11.7 Å². The maximum atomic E-state index is 5.92. The number of anilines is 1. The topological polar surface area (TPSA) is 45.7 Å². The molecule has 3 rings (SSSR count). The van der Waals surface area contributed by atoms with Crippen LogP contribution in [0.4, 0.5) is 5.69 Å². The number of hydrogen-bond acceptors (Lipinski definition) is 3. The molecule has 0 fully saturated rings. The first-order chi connectivity index (χ1) is 13.2. The zero-order valence-electron chi connectivity index (χ0n) is 15.1. The van der Waals surface area contributed by atoms with Gasteiger partial charge in [0.2, 0.25) is 0 Å². The number of hydrogen-bond donors (Lipinski definition) is 2. The Bertz CT molecular complexity index is 926. The summed E-state index contributed by atoms with van der Waals surface area (Å²) in [5, 5.41) is 7.79. The molecule has 2 N–H and O–H groups in total. The lowest BCUT2D eigenvalue weighted by Gasteiger charge is -2.10. The highest BCUT2D eigenvalue weighted by Crippen LogP contribution is 2.17. The number of nitrogens with zero attached hydrogens (tertiary/aromatic N) is 1. The maximum Gasteiger partial charge on any atom is 0.191 e. The molecule has 0 aromatic heterocycles. The molecule has 136 valence electrons. The Labute approximate surface area is 164 Å². The summed E-state index contributed by atoms with van der Waals surface area (Å²) in [4.78, 5) is 0. The molecule has 4 nitrogen and oxygen atoms in total. The Balaban J connectivity index is 1.58. The number of hydrazone groups is 1. The molecule has 0 aliphatic rings. The summed E-state index contributed by atoms with van der Waals surface area (Å²) in [7, 11) is 0. The molecule has 0 aliphatic heterocycles. The average Bonchev–Trinajstić information content (AvgIpc) is 2.70. The van der Waals surface area contributed by atoms with E-state index in [2.05, 4.69) is 15.8 Å². The number of ether oxygens (including phenoxy) is 1. The summed E-state index contributed by atoms with van der Waals surface area (Å²) < 4.78 is 5.92. The second-order valence-corrected chi connectivity index (χ2v) is 6.36. The fraction of sp³-hybridized carbons (Fsp3) is 0.0909. The predicted octanol–water partition coefficient (Wildman–Crippen LogP) is 4.89. The van der Waals surface area contributed by atoms with Crippen molar-refractivity contribution in [1.82, 2.24) is 5.43 Å². The minimum atomic E-state index is 0.434. The Morgan fingerprint density at radius 2 is 1.67 bits per heavy atom. The normalized spacial score (nSPS) is 10.6. The smallest absolute Gasteiger partial charge is 0.191 e. The summed E-state index contributed by atoms with van der Waals surface area (Å²) >= 11 is 5.29. The van der Waals surface area contributed by atoms with Gasteiger partial charge in [0.25, 0.3) is 0 Å². The molecule has 5 heteroatoms. The molecule has 3 aromatic rings. The lowest BCUT2D eigenvalue weighted by molar-refractivity contribution is 0.306. The van der Waals surface area contributed by atoms with Gasteiger partial charge in [0.1, 0.15) is 12.4 Å². The van der Waals surface area contributed by atoms with Gasteiger partial charge in [-0.2, -0.15) is 5.10 Å². The van der Waals surface area contributed by atoms with Gasteiger partial charge in [-0.1, -0.05) is 60.7 Å². The van der Waals surface area contributed by atoms with Crippen molar-refractivity contribution in [3.63, 3.8) is 0 Å². The monoisotopic (exact) mass is 375 g/mol. The van der Waals surface area contributed by atoms with Crippen LogP contribution in [0.1, 0.15) is 16.7 Å². The van der Waals surface area contributed by atoms with Crippen molar-refractivity contribution in [2.45, 2.75) is 13.5 Å². The number of para-hydroxylation sites is 2. The quantitative estimate of drug-likeness (QED) is 0.366. The third-order valence-corrected chi connectivity index (χ3v) is 4.11. The van der Waals surface area contributed by atoms with Gasteiger partial charge >= 0.3 is 0 Å². The number of aryl methyl sites for hydroxylation is 1. The van der Waals surface area contributed by atoms with Crippen LogP contribution in [-0.4, -0.2) is 11.3 Å². The van der Waals surface area contributed by atoms with Crippen molar-refractivity contribution in [3.8, 4) is 5.75 Å². The minimum absolute atomic E-state index is 0.434. The van der Waals surface area contributed by atoms with Gasteiger partial charge in [-0.25, -0.2) is 0 Å². The highest BCUT2D eigenvalue weighted by atomic mass is 32.1. The first-order valence-electron chi connectivity index (χ1n) is 8.64. The third-order valence-electron chi connectivity index (χ3n) is 3.92. The molecule has 3 aromatic carbocycles. The van der Waals surface area contributed by atoms with Crippen LogP contribution in [0.3, 0.4) is 0 Å². The number of rotatable bonds is 6. The highest BCUT2D eigenvalue weighted by molar-refractivity contribution is 7.80. The Morgan fingerprint density at radius 1 is 0.963 bits per heavy atom. The van der Waals surface area contributed by atoms with E-state index in [1.165, 1.54) is 0 Å². The minimum Gasteiger partial charge on any atom is -0.488 e. The highest BCUT2D eigenvalue weighted by Gasteiger charge is 2.02. The van der Waals surface area contributed by atoms with Crippen LogP contribution < -0.4 is 15.5 Å². The average molecular weight is 375 g/mol. The number of nitrogens with one attached hydrogen (secondary N) is 2. The van der Waals surface area contributed by atoms with E-state index < -0.39 is 0 Å². The van der Waals surface area contributed by atoms with Crippen LogP contribution >= 0.6 is 12.2 Å². The van der Waals surface area contributed by atoms with Crippen LogP contribution in [-0.2, 0) is 6.61 Å². The SMILES string of the molecule is Cc1ccccc1NC(=S)N/N=C\c1ccccc1OCc1ccccc1. The Kier molecular flexibility index (Phi) is 6.55. The van der Waals surface area contributed by atoms with E-state index in [4.69, 9.17) is 17.0 Å². The van der Waals surface area contributed by atoms with Crippen LogP contribution in [0.25, 0.3) is 0 Å². The summed E-state index contributed by atoms with van der Waals surface area (Å²) in [6, 6.07) is 25.8. The van der Waals surface area contributed by atoms with E-state index in [9.17, 15) is 0 Å². The van der Waals surface area contributed by atoms with Gasteiger partial charge in [-0.05, 0) is 48.5 Å². The summed E-state index contributed by atoms with van der Waals surface area (Å²) in [6.07, 6.45) is 1.70. The zero-order chi connectivity index (χ0) is 18.9. The molecule has 0 atom stereocenters. The third kappa shape index (κ3) is 5.66. The van der Waals surface area contributed by atoms with Crippen molar-refractivity contribution in [3.05, 3.63) is 95.6 Å². The van der Waals surface area contributed by atoms with Crippen LogP contribution in [0, 0.1) is 6.92 Å². The number of benzene rings is 3. The van der Waals surface area contributed by atoms with E-state index in [1.807, 2.05) is 85.8 Å². The van der Waals surface area contributed by atoms with E-state index in [-0.39, 0.29) is 0 Å². The van der Waals surface area contributed by atoms with Gasteiger partial charge in [0.15, 0.2) is 5.11 Å². The maximum absolute atomic E-state index is 5.92. The van der Waals surface area contributed by atoms with Gasteiger partial charge < -0.3 is 10.1 Å². The molecule has 0 heterocycles. The Morgan fingerprint density at radius 3 is 2.48 bits per heavy atom. The first kappa shape index (κ1) is 18.6. The summed E-state index contributed by atoms with van der Waals surface area (Å²) in [5.74, 6) is 0.768. The molecule has 0 amide bonds. The molecule has 0 spiro atoms. The van der Waals surface area contributed by atoms with Gasteiger partial charge in [0, 0.05) is 11.3 Å². The van der Waals surface area contributed by atoms with Crippen molar-refractivity contribution in [1.29, 1.82) is 0 Å². The molecule has 0 saturated carbocycles. The molecule has 0 radical (unpaired) electrons. The molecule has 27 heavy (non-hydrogen) atoms. The molecular formula is C22H21N3OS. The Hall–Kier alpha value is -3.18. The lowest BCUT2D eigenvalue weighted by Crippen LogP contribution is -2.24. The van der Waals surface area contributed by atoms with E-state index in [1.54, 1.807) is 6.21 Å². The largest absolute Gasteiger partial charge is 0.488 e. The van der Waals surface area contributed by atoms with Gasteiger partial charge in [-0.3, -0.25) is 5.43 Å². The van der Waals surface area contributed by atoms with Crippen molar-refractivity contribution in [2.24, 2.45) is 5.10 Å². The first-order valence-corrected chi connectivity index (χ1v) is 9.04. The lowest BCUT2D eigenvalue weighted by atomic mass is 10.2. The van der Waals surface area contributed by atoms with Crippen LogP contribution in [0.15, 0.2) is 84.0 Å². The molecule has 0 bridgehead atoms.